The van der Waals surface area contributed by atoms with E-state index in [9.17, 15) is 8.78 Å². The summed E-state index contributed by atoms with van der Waals surface area (Å²) < 4.78 is 26.5. The molecule has 0 aliphatic heterocycles. The van der Waals surface area contributed by atoms with Crippen molar-refractivity contribution in [1.29, 1.82) is 0 Å². The van der Waals surface area contributed by atoms with Crippen LogP contribution in [-0.4, -0.2) is 0 Å². The Morgan fingerprint density at radius 3 is 1.87 bits per heavy atom. The van der Waals surface area contributed by atoms with Gasteiger partial charge in [-0.05, 0) is 35.6 Å². The van der Waals surface area contributed by atoms with Crippen LogP contribution < -0.4 is 0 Å². The molecular weight excluding hydrogens is 194 g/mol. The summed E-state index contributed by atoms with van der Waals surface area (Å²) >= 11 is 0. The standard InChI is InChI=1S/C11H14F2.C2H6/c1-4-8-9(12)5-6-10(13)11(8)7(2)3;1-2/h5-7H,4H2,1-3H3;1-2H3. The van der Waals surface area contributed by atoms with E-state index in [-0.39, 0.29) is 17.6 Å². The van der Waals surface area contributed by atoms with E-state index < -0.39 is 0 Å². The first-order chi connectivity index (χ1) is 7.07. The van der Waals surface area contributed by atoms with Gasteiger partial charge in [-0.15, -0.1) is 0 Å². The zero-order valence-corrected chi connectivity index (χ0v) is 10.2. The second-order valence-corrected chi connectivity index (χ2v) is 3.43. The van der Waals surface area contributed by atoms with E-state index in [0.717, 1.165) is 0 Å². The molecule has 1 aromatic carbocycles. The van der Waals surface area contributed by atoms with Gasteiger partial charge in [-0.2, -0.15) is 0 Å². The molecule has 0 N–H and O–H groups in total. The molecule has 0 amide bonds. The SMILES string of the molecule is CC.CCc1c(F)ccc(F)c1C(C)C. The Labute approximate surface area is 91.3 Å². The van der Waals surface area contributed by atoms with Gasteiger partial charge in [0, 0.05) is 0 Å². The van der Waals surface area contributed by atoms with Crippen LogP contribution in [0.2, 0.25) is 0 Å². The Hall–Kier alpha value is -0.920. The highest BCUT2D eigenvalue weighted by atomic mass is 19.1. The van der Waals surface area contributed by atoms with Gasteiger partial charge in [0.25, 0.3) is 0 Å². The normalized spacial score (nSPS) is 9.87. The molecule has 0 fully saturated rings. The van der Waals surface area contributed by atoms with Gasteiger partial charge in [0.15, 0.2) is 0 Å². The number of rotatable bonds is 2. The molecule has 0 bridgehead atoms. The average molecular weight is 214 g/mol. The van der Waals surface area contributed by atoms with Crippen molar-refractivity contribution in [2.24, 2.45) is 0 Å². The van der Waals surface area contributed by atoms with Crippen LogP contribution in [0.25, 0.3) is 0 Å². The summed E-state index contributed by atoms with van der Waals surface area (Å²) in [5.74, 6) is -0.563. The van der Waals surface area contributed by atoms with Gasteiger partial charge < -0.3 is 0 Å². The van der Waals surface area contributed by atoms with Crippen LogP contribution in [0.1, 0.15) is 51.7 Å². The van der Waals surface area contributed by atoms with Gasteiger partial charge in [-0.25, -0.2) is 8.78 Å². The van der Waals surface area contributed by atoms with E-state index in [1.54, 1.807) is 0 Å². The molecule has 86 valence electrons. The van der Waals surface area contributed by atoms with Gasteiger partial charge in [0.2, 0.25) is 0 Å². The molecule has 0 heterocycles. The summed E-state index contributed by atoms with van der Waals surface area (Å²) in [4.78, 5) is 0. The number of hydrogen-bond donors (Lipinski definition) is 0. The molecule has 15 heavy (non-hydrogen) atoms. The molecule has 0 nitrogen and oxygen atoms in total. The van der Waals surface area contributed by atoms with Crippen molar-refractivity contribution in [3.63, 3.8) is 0 Å². The predicted molar refractivity (Wildman–Crippen MR) is 61.2 cm³/mol. The van der Waals surface area contributed by atoms with Gasteiger partial charge in [0.05, 0.1) is 0 Å². The van der Waals surface area contributed by atoms with Crippen molar-refractivity contribution in [1.82, 2.24) is 0 Å². The third-order valence-corrected chi connectivity index (χ3v) is 2.18. The smallest absolute Gasteiger partial charge is 0.127 e. The lowest BCUT2D eigenvalue weighted by Gasteiger charge is -2.13. The fraction of sp³-hybridized carbons (Fsp3) is 0.538. The third kappa shape index (κ3) is 3.29. The summed E-state index contributed by atoms with van der Waals surface area (Å²) in [6, 6.07) is 2.39. The van der Waals surface area contributed by atoms with Crippen LogP contribution in [0, 0.1) is 11.6 Å². The Morgan fingerprint density at radius 2 is 1.53 bits per heavy atom. The molecule has 0 aliphatic carbocycles. The highest BCUT2D eigenvalue weighted by molar-refractivity contribution is 5.32. The quantitative estimate of drug-likeness (QED) is 0.670. The monoisotopic (exact) mass is 214 g/mol. The molecule has 1 rings (SSSR count). The van der Waals surface area contributed by atoms with Crippen LogP contribution in [0.3, 0.4) is 0 Å². The summed E-state index contributed by atoms with van der Waals surface area (Å²) in [6.07, 6.45) is 0.539. The minimum absolute atomic E-state index is 0.0330. The second kappa shape index (κ2) is 6.54. The maximum Gasteiger partial charge on any atom is 0.127 e. The summed E-state index contributed by atoms with van der Waals surface area (Å²) in [5, 5.41) is 0. The highest BCUT2D eigenvalue weighted by Crippen LogP contribution is 2.25. The number of hydrogen-bond acceptors (Lipinski definition) is 0. The van der Waals surface area contributed by atoms with E-state index in [2.05, 4.69) is 0 Å². The van der Waals surface area contributed by atoms with E-state index >= 15 is 0 Å². The van der Waals surface area contributed by atoms with Crippen molar-refractivity contribution >= 4 is 0 Å². The highest BCUT2D eigenvalue weighted by Gasteiger charge is 2.14. The van der Waals surface area contributed by atoms with Crippen LogP contribution in [0.5, 0.6) is 0 Å². The first-order valence-corrected chi connectivity index (χ1v) is 5.54. The van der Waals surface area contributed by atoms with Gasteiger partial charge >= 0.3 is 0 Å². The van der Waals surface area contributed by atoms with Crippen LogP contribution in [-0.2, 0) is 6.42 Å². The maximum absolute atomic E-state index is 13.3. The van der Waals surface area contributed by atoms with Crippen LogP contribution in [0.4, 0.5) is 8.78 Å². The third-order valence-electron chi connectivity index (χ3n) is 2.18. The Kier molecular flexibility index (Phi) is 6.14. The minimum Gasteiger partial charge on any atom is -0.207 e. The average Bonchev–Trinajstić information content (AvgIpc) is 2.23. The van der Waals surface area contributed by atoms with Gasteiger partial charge in [-0.1, -0.05) is 34.6 Å². The van der Waals surface area contributed by atoms with Crippen LogP contribution in [0.15, 0.2) is 12.1 Å². The van der Waals surface area contributed by atoms with E-state index in [4.69, 9.17) is 0 Å². The Bertz CT molecular complexity index is 304. The number of halogens is 2. The largest absolute Gasteiger partial charge is 0.207 e. The summed E-state index contributed by atoms with van der Waals surface area (Å²) in [5.41, 5.74) is 1.03. The predicted octanol–water partition coefficient (Wildman–Crippen LogP) is 4.68. The van der Waals surface area contributed by atoms with E-state index in [1.807, 2.05) is 34.6 Å². The van der Waals surface area contributed by atoms with Crippen molar-refractivity contribution in [2.45, 2.75) is 47.0 Å². The first-order valence-electron chi connectivity index (χ1n) is 5.54. The Morgan fingerprint density at radius 1 is 1.07 bits per heavy atom. The first kappa shape index (κ1) is 14.1. The second-order valence-electron chi connectivity index (χ2n) is 3.43. The molecule has 0 saturated heterocycles. The van der Waals surface area contributed by atoms with E-state index in [1.165, 1.54) is 12.1 Å². The lowest BCUT2D eigenvalue weighted by atomic mass is 9.95. The zero-order valence-electron chi connectivity index (χ0n) is 10.2. The van der Waals surface area contributed by atoms with Crippen molar-refractivity contribution in [2.75, 3.05) is 0 Å². The fourth-order valence-corrected chi connectivity index (χ4v) is 1.59. The summed E-state index contributed by atoms with van der Waals surface area (Å²) in [7, 11) is 0. The fourth-order valence-electron chi connectivity index (χ4n) is 1.59. The molecule has 0 unspecified atom stereocenters. The molecule has 0 aliphatic rings. The van der Waals surface area contributed by atoms with Gasteiger partial charge in [-0.3, -0.25) is 0 Å². The molecule has 0 radical (unpaired) electrons. The lowest BCUT2D eigenvalue weighted by molar-refractivity contribution is 0.562. The number of benzene rings is 1. The molecule has 0 atom stereocenters. The van der Waals surface area contributed by atoms with Crippen molar-refractivity contribution in [3.05, 3.63) is 34.9 Å². The lowest BCUT2D eigenvalue weighted by Crippen LogP contribution is -2.02. The van der Waals surface area contributed by atoms with Crippen molar-refractivity contribution < 1.29 is 8.78 Å². The van der Waals surface area contributed by atoms with Crippen LogP contribution >= 0.6 is 0 Å². The molecular formula is C13H20F2. The molecule has 1 aromatic rings. The van der Waals surface area contributed by atoms with Crippen molar-refractivity contribution in [3.8, 4) is 0 Å². The zero-order chi connectivity index (χ0) is 12.0. The maximum atomic E-state index is 13.3. The molecule has 0 saturated carbocycles. The molecule has 0 aromatic heterocycles. The summed E-state index contributed by atoms with van der Waals surface area (Å²) in [6.45, 7) is 9.58. The van der Waals surface area contributed by atoms with E-state index in [0.29, 0.717) is 17.5 Å². The topological polar surface area (TPSA) is 0 Å². The van der Waals surface area contributed by atoms with Gasteiger partial charge in [0.1, 0.15) is 11.6 Å². The molecule has 2 heteroatoms. The molecule has 0 spiro atoms. The Balaban J connectivity index is 0.000000921. The minimum atomic E-state index is -0.299.